The molecule has 5 nitrogen and oxygen atoms in total. The van der Waals surface area contributed by atoms with Gasteiger partial charge >= 0.3 is 6.18 Å². The molecular weight excluding hydrogens is 335 g/mol. The fraction of sp³-hybridized carbons (Fsp3) is 0.471. The second-order valence-electron chi connectivity index (χ2n) is 5.97. The molecule has 0 aliphatic carbocycles. The Hall–Kier alpha value is -2.38. The van der Waals surface area contributed by atoms with Gasteiger partial charge in [0.05, 0.1) is 11.6 Å². The van der Waals surface area contributed by atoms with E-state index >= 15 is 0 Å². The summed E-state index contributed by atoms with van der Waals surface area (Å²) in [7, 11) is 1.68. The average Bonchev–Trinajstić information content (AvgIpc) is 3.07. The molecule has 136 valence electrons. The molecule has 1 aromatic heterocycles. The van der Waals surface area contributed by atoms with E-state index in [9.17, 15) is 22.8 Å². The van der Waals surface area contributed by atoms with Gasteiger partial charge in [-0.2, -0.15) is 13.2 Å². The minimum absolute atomic E-state index is 0.0584. The number of pyridine rings is 1. The molecule has 1 aromatic rings. The molecule has 2 amide bonds. The van der Waals surface area contributed by atoms with Gasteiger partial charge in [0.15, 0.2) is 0 Å². The van der Waals surface area contributed by atoms with Gasteiger partial charge in [-0.1, -0.05) is 6.58 Å². The van der Waals surface area contributed by atoms with Gasteiger partial charge in [-0.05, 0) is 31.1 Å². The summed E-state index contributed by atoms with van der Waals surface area (Å²) in [5.41, 5.74) is -0.373. The van der Waals surface area contributed by atoms with Crippen molar-refractivity contribution in [2.24, 2.45) is 0 Å². The summed E-state index contributed by atoms with van der Waals surface area (Å²) in [5, 5.41) is 0. The Balaban J connectivity index is 1.86. The molecule has 2 heterocycles. The predicted octanol–water partition coefficient (Wildman–Crippen LogP) is 2.28. The van der Waals surface area contributed by atoms with Gasteiger partial charge in [0.25, 0.3) is 0 Å². The monoisotopic (exact) mass is 355 g/mol. The van der Waals surface area contributed by atoms with Gasteiger partial charge in [-0.15, -0.1) is 0 Å². The number of likely N-dealkylation sites (tertiary alicyclic amines) is 1. The zero-order valence-corrected chi connectivity index (χ0v) is 13.9. The molecule has 1 atom stereocenters. The van der Waals surface area contributed by atoms with E-state index in [2.05, 4.69) is 11.6 Å². The molecule has 0 saturated carbocycles. The molecule has 0 aromatic carbocycles. The third-order valence-corrected chi connectivity index (χ3v) is 4.34. The summed E-state index contributed by atoms with van der Waals surface area (Å²) in [6.07, 6.45) is -1.27. The Bertz CT molecular complexity index is 644. The van der Waals surface area contributed by atoms with Crippen LogP contribution in [0.1, 0.15) is 24.1 Å². The molecule has 2 rings (SSSR count). The van der Waals surface area contributed by atoms with Crippen LogP contribution in [-0.2, 0) is 22.2 Å². The van der Waals surface area contributed by atoms with Crippen molar-refractivity contribution in [3.8, 4) is 0 Å². The van der Waals surface area contributed by atoms with E-state index in [1.165, 1.54) is 12.1 Å². The van der Waals surface area contributed by atoms with E-state index < -0.39 is 11.7 Å². The predicted molar refractivity (Wildman–Crippen MR) is 85.5 cm³/mol. The van der Waals surface area contributed by atoms with Crippen molar-refractivity contribution in [2.45, 2.75) is 31.5 Å². The quantitative estimate of drug-likeness (QED) is 0.762. The maximum Gasteiger partial charge on any atom is 0.417 e. The van der Waals surface area contributed by atoms with Crippen LogP contribution in [0.2, 0.25) is 0 Å². The lowest BCUT2D eigenvalue weighted by Gasteiger charge is -2.24. The average molecular weight is 355 g/mol. The minimum atomic E-state index is -4.42. The normalized spacial score (nSPS) is 17.4. The first-order valence-electron chi connectivity index (χ1n) is 7.91. The molecule has 8 heteroatoms. The Morgan fingerprint density at radius 2 is 2.16 bits per heavy atom. The number of aromatic nitrogens is 1. The second kappa shape index (κ2) is 7.67. The molecule has 1 aliphatic rings. The fourth-order valence-electron chi connectivity index (χ4n) is 2.74. The first-order valence-corrected chi connectivity index (χ1v) is 7.91. The minimum Gasteiger partial charge on any atom is -0.341 e. The summed E-state index contributed by atoms with van der Waals surface area (Å²) in [4.78, 5) is 30.8. The van der Waals surface area contributed by atoms with Crippen molar-refractivity contribution < 1.29 is 22.8 Å². The summed E-state index contributed by atoms with van der Waals surface area (Å²) < 4.78 is 37.5. The smallest absolute Gasteiger partial charge is 0.341 e. The zero-order chi connectivity index (χ0) is 18.6. The van der Waals surface area contributed by atoms with Crippen LogP contribution in [0.25, 0.3) is 0 Å². The lowest BCUT2D eigenvalue weighted by atomic mass is 10.1. The van der Waals surface area contributed by atoms with E-state index in [0.29, 0.717) is 25.2 Å². The summed E-state index contributed by atoms with van der Waals surface area (Å²) in [6.45, 7) is 4.49. The van der Waals surface area contributed by atoms with Crippen LogP contribution in [0.15, 0.2) is 31.0 Å². The second-order valence-corrected chi connectivity index (χ2v) is 5.97. The number of nitrogens with zero attached hydrogens (tertiary/aromatic N) is 3. The molecule has 0 unspecified atom stereocenters. The van der Waals surface area contributed by atoms with Gasteiger partial charge in [-0.3, -0.25) is 14.6 Å². The molecule has 1 saturated heterocycles. The number of amides is 2. The largest absolute Gasteiger partial charge is 0.417 e. The van der Waals surface area contributed by atoms with Crippen molar-refractivity contribution >= 4 is 11.8 Å². The standard InChI is InChI=1S/C17H20F3N3O2/c1-3-15(24)23-9-8-14(11-23)22(2)16(25)7-6-13-5-4-12(10-21-13)17(18,19)20/h3-5,10,14H,1,6-9,11H2,2H3/t14-/m0/s1. The summed E-state index contributed by atoms with van der Waals surface area (Å²) >= 11 is 0. The Morgan fingerprint density at radius 3 is 2.72 bits per heavy atom. The molecular formula is C17H20F3N3O2. The first kappa shape index (κ1) is 19.0. The number of aryl methyl sites for hydroxylation is 1. The van der Waals surface area contributed by atoms with E-state index in [0.717, 1.165) is 12.3 Å². The van der Waals surface area contributed by atoms with Crippen molar-refractivity contribution in [2.75, 3.05) is 20.1 Å². The van der Waals surface area contributed by atoms with Gasteiger partial charge in [0.1, 0.15) is 0 Å². The van der Waals surface area contributed by atoms with Crippen LogP contribution in [-0.4, -0.2) is 52.8 Å². The van der Waals surface area contributed by atoms with E-state index in [4.69, 9.17) is 0 Å². The molecule has 0 bridgehead atoms. The number of carbonyl (C=O) groups excluding carboxylic acids is 2. The maximum absolute atomic E-state index is 12.5. The van der Waals surface area contributed by atoms with E-state index in [1.807, 2.05) is 0 Å². The Morgan fingerprint density at radius 1 is 1.44 bits per heavy atom. The molecule has 0 spiro atoms. The number of alkyl halides is 3. The number of likely N-dealkylation sites (N-methyl/N-ethyl adjacent to an activating group) is 1. The van der Waals surface area contributed by atoms with Gasteiger partial charge in [0.2, 0.25) is 11.8 Å². The first-order chi connectivity index (χ1) is 11.7. The zero-order valence-electron chi connectivity index (χ0n) is 13.9. The highest BCUT2D eigenvalue weighted by molar-refractivity contribution is 5.87. The molecule has 1 aliphatic heterocycles. The third kappa shape index (κ3) is 4.80. The number of carbonyl (C=O) groups is 2. The number of rotatable bonds is 5. The van der Waals surface area contributed by atoms with Crippen molar-refractivity contribution in [3.05, 3.63) is 42.2 Å². The number of hydrogen-bond donors (Lipinski definition) is 0. The van der Waals surface area contributed by atoms with Crippen molar-refractivity contribution in [1.82, 2.24) is 14.8 Å². The molecule has 0 radical (unpaired) electrons. The van der Waals surface area contributed by atoms with E-state index in [-0.39, 0.29) is 30.7 Å². The summed E-state index contributed by atoms with van der Waals surface area (Å²) in [6, 6.07) is 2.19. The van der Waals surface area contributed by atoms with Gasteiger partial charge in [-0.25, -0.2) is 0 Å². The van der Waals surface area contributed by atoms with Crippen LogP contribution < -0.4 is 0 Å². The Kier molecular flexibility index (Phi) is 5.81. The highest BCUT2D eigenvalue weighted by Gasteiger charge is 2.31. The topological polar surface area (TPSA) is 53.5 Å². The number of hydrogen-bond acceptors (Lipinski definition) is 3. The molecule has 25 heavy (non-hydrogen) atoms. The van der Waals surface area contributed by atoms with Gasteiger partial charge < -0.3 is 9.80 Å². The van der Waals surface area contributed by atoms with Crippen LogP contribution in [0.4, 0.5) is 13.2 Å². The van der Waals surface area contributed by atoms with Crippen LogP contribution in [0.3, 0.4) is 0 Å². The maximum atomic E-state index is 12.5. The third-order valence-electron chi connectivity index (χ3n) is 4.34. The van der Waals surface area contributed by atoms with Crippen LogP contribution in [0.5, 0.6) is 0 Å². The number of halogens is 3. The van der Waals surface area contributed by atoms with Crippen molar-refractivity contribution in [1.29, 1.82) is 0 Å². The van der Waals surface area contributed by atoms with Gasteiger partial charge in [0, 0.05) is 38.4 Å². The highest BCUT2D eigenvalue weighted by Crippen LogP contribution is 2.28. The fourth-order valence-corrected chi connectivity index (χ4v) is 2.74. The summed E-state index contributed by atoms with van der Waals surface area (Å²) in [5.74, 6) is -0.281. The van der Waals surface area contributed by atoms with Crippen LogP contribution in [0, 0.1) is 0 Å². The molecule has 0 N–H and O–H groups in total. The van der Waals surface area contributed by atoms with Crippen molar-refractivity contribution in [3.63, 3.8) is 0 Å². The SMILES string of the molecule is C=CC(=O)N1CC[C@H](N(C)C(=O)CCc2ccc(C(F)(F)F)cn2)C1. The lowest BCUT2D eigenvalue weighted by Crippen LogP contribution is -2.39. The highest BCUT2D eigenvalue weighted by atomic mass is 19.4. The lowest BCUT2D eigenvalue weighted by molar-refractivity contribution is -0.138. The molecule has 1 fully saturated rings. The van der Waals surface area contributed by atoms with Crippen LogP contribution >= 0.6 is 0 Å². The van der Waals surface area contributed by atoms with E-state index in [1.54, 1.807) is 16.8 Å². The Labute approximate surface area is 144 Å².